The number of amides is 2. The largest absolute Gasteiger partial charge is 0.477 e. The molecule has 2 amide bonds. The molecule has 2 aliphatic heterocycles. The van der Waals surface area contributed by atoms with Gasteiger partial charge >= 0.3 is 12.0 Å². The van der Waals surface area contributed by atoms with Crippen molar-refractivity contribution in [1.29, 1.82) is 0 Å². The Labute approximate surface area is 239 Å². The summed E-state index contributed by atoms with van der Waals surface area (Å²) in [6.45, 7) is 2.19. The number of carbonyl (C=O) groups excluding carboxylic acids is 1. The monoisotopic (exact) mass is 573 g/mol. The van der Waals surface area contributed by atoms with Crippen LogP contribution in [0.1, 0.15) is 29.1 Å². The summed E-state index contributed by atoms with van der Waals surface area (Å²) in [7, 11) is 0. The van der Waals surface area contributed by atoms with Crippen LogP contribution in [0.5, 0.6) is 5.88 Å². The van der Waals surface area contributed by atoms with E-state index in [1.54, 1.807) is 11.5 Å². The first kappa shape index (κ1) is 27.3. The van der Waals surface area contributed by atoms with Gasteiger partial charge in [0.2, 0.25) is 5.88 Å². The fraction of sp³-hybridized carbons (Fsp3) is 0.286. The number of pyridine rings is 1. The Hall–Kier alpha value is -4.92. The molecule has 3 aromatic heterocycles. The Bertz CT molecular complexity index is 1610. The lowest BCUT2D eigenvalue weighted by atomic mass is 10.1. The van der Waals surface area contributed by atoms with Crippen LogP contribution in [0.2, 0.25) is 0 Å². The number of imidazole rings is 1. The van der Waals surface area contributed by atoms with Crippen molar-refractivity contribution < 1.29 is 33.6 Å². The van der Waals surface area contributed by atoms with Crippen molar-refractivity contribution in [3.8, 4) is 5.88 Å². The van der Waals surface area contributed by atoms with Gasteiger partial charge in [-0.3, -0.25) is 9.88 Å². The van der Waals surface area contributed by atoms with E-state index in [0.717, 1.165) is 5.56 Å². The lowest BCUT2D eigenvalue weighted by Crippen LogP contribution is -2.33. The maximum absolute atomic E-state index is 12.1. The second-order valence-corrected chi connectivity index (χ2v) is 9.41. The van der Waals surface area contributed by atoms with Crippen molar-refractivity contribution in [2.24, 2.45) is 0 Å². The van der Waals surface area contributed by atoms with Crippen LogP contribution in [0.25, 0.3) is 17.2 Å². The van der Waals surface area contributed by atoms with Gasteiger partial charge in [0.05, 0.1) is 6.33 Å². The first-order valence-corrected chi connectivity index (χ1v) is 13.2. The third kappa shape index (κ3) is 5.50. The molecule has 14 heteroatoms. The second-order valence-electron chi connectivity index (χ2n) is 9.41. The van der Waals surface area contributed by atoms with Gasteiger partial charge in [-0.2, -0.15) is 0 Å². The lowest BCUT2D eigenvalue weighted by Gasteiger charge is -2.20. The van der Waals surface area contributed by atoms with Gasteiger partial charge in [0, 0.05) is 12.7 Å². The number of aromatic nitrogens is 5. The topological polar surface area (TPSA) is 172 Å². The molecule has 0 radical (unpaired) electrons. The molecule has 6 rings (SSSR count). The van der Waals surface area contributed by atoms with E-state index in [4.69, 9.17) is 18.9 Å². The minimum Gasteiger partial charge on any atom is -0.477 e. The Balaban J connectivity index is 1.28. The van der Waals surface area contributed by atoms with Crippen molar-refractivity contribution in [2.75, 3.05) is 18.5 Å². The molecule has 2 fully saturated rings. The van der Waals surface area contributed by atoms with Gasteiger partial charge in [-0.15, -0.1) is 0 Å². The molecule has 2 aliphatic rings. The van der Waals surface area contributed by atoms with Crippen LogP contribution in [0.4, 0.5) is 10.6 Å². The van der Waals surface area contributed by atoms with Crippen LogP contribution >= 0.6 is 0 Å². The SMILES string of the molecule is CCNC(=O)Nc1ncnc2c1ncn2C1OC(COc2ncccc2C(=O)O)C2OC(C=Cc3ccccc3)OC21. The van der Waals surface area contributed by atoms with E-state index in [1.165, 1.54) is 31.0 Å². The number of rotatable bonds is 9. The molecule has 5 unspecified atom stereocenters. The summed E-state index contributed by atoms with van der Waals surface area (Å²) in [6.07, 6.45) is 4.76. The molecule has 0 bridgehead atoms. The number of ether oxygens (including phenoxy) is 4. The van der Waals surface area contributed by atoms with Gasteiger partial charge in [0.15, 0.2) is 29.5 Å². The Morgan fingerprint density at radius 1 is 1.05 bits per heavy atom. The number of fused-ring (bicyclic) bond motifs is 2. The number of nitrogens with one attached hydrogen (secondary N) is 2. The van der Waals surface area contributed by atoms with Gasteiger partial charge in [0.1, 0.15) is 36.8 Å². The second kappa shape index (κ2) is 11.9. The van der Waals surface area contributed by atoms with Gasteiger partial charge in [-0.1, -0.05) is 36.4 Å². The molecular weight excluding hydrogens is 546 g/mol. The number of carboxylic acids is 1. The highest BCUT2D eigenvalue weighted by atomic mass is 16.8. The number of carboxylic acid groups (broad SMARTS) is 1. The summed E-state index contributed by atoms with van der Waals surface area (Å²) in [4.78, 5) is 40.8. The zero-order chi connectivity index (χ0) is 29.1. The van der Waals surface area contributed by atoms with E-state index in [1.807, 2.05) is 42.5 Å². The summed E-state index contributed by atoms with van der Waals surface area (Å²) in [5, 5.41) is 14.8. The summed E-state index contributed by atoms with van der Waals surface area (Å²) in [5.41, 5.74) is 1.69. The average molecular weight is 574 g/mol. The predicted octanol–water partition coefficient (Wildman–Crippen LogP) is 2.86. The number of hydrogen-bond donors (Lipinski definition) is 3. The predicted molar refractivity (Wildman–Crippen MR) is 148 cm³/mol. The first-order chi connectivity index (χ1) is 20.5. The molecule has 3 N–H and O–H groups in total. The summed E-state index contributed by atoms with van der Waals surface area (Å²) < 4.78 is 26.4. The number of urea groups is 1. The Kier molecular flexibility index (Phi) is 7.72. The number of anilines is 1. The zero-order valence-corrected chi connectivity index (χ0v) is 22.4. The normalized spacial score (nSPS) is 23.2. The van der Waals surface area contributed by atoms with Crippen LogP contribution in [0.15, 0.2) is 67.4 Å². The zero-order valence-electron chi connectivity index (χ0n) is 22.4. The molecule has 14 nitrogen and oxygen atoms in total. The number of carbonyl (C=O) groups is 2. The van der Waals surface area contributed by atoms with E-state index in [-0.39, 0.29) is 23.9 Å². The maximum Gasteiger partial charge on any atom is 0.341 e. The van der Waals surface area contributed by atoms with Crippen molar-refractivity contribution in [3.63, 3.8) is 0 Å². The molecule has 5 heterocycles. The van der Waals surface area contributed by atoms with Gasteiger partial charge < -0.3 is 29.4 Å². The van der Waals surface area contributed by atoms with Crippen molar-refractivity contribution in [2.45, 2.75) is 37.8 Å². The number of benzene rings is 1. The highest BCUT2D eigenvalue weighted by Gasteiger charge is 2.53. The fourth-order valence-electron chi connectivity index (χ4n) is 4.83. The van der Waals surface area contributed by atoms with E-state index in [0.29, 0.717) is 17.7 Å². The van der Waals surface area contributed by atoms with Crippen LogP contribution < -0.4 is 15.4 Å². The number of nitrogens with zero attached hydrogens (tertiary/aromatic N) is 5. The standard InChI is InChI=1S/C28H27N7O7/c1-2-29-28(38)34-23-20-24(32-14-31-23)35(15-33-20)26-22-21(41-19(42-22)11-10-16-7-4-3-5-8-16)18(40-26)13-39-25-17(27(36)37)9-6-12-30-25/h3-12,14-15,18-19,21-22,26H,2,13H2,1H3,(H,36,37)(H2,29,31,32,34,38). The van der Waals surface area contributed by atoms with Crippen molar-refractivity contribution in [1.82, 2.24) is 29.8 Å². The molecule has 0 spiro atoms. The van der Waals surface area contributed by atoms with Crippen molar-refractivity contribution in [3.05, 3.63) is 78.5 Å². The summed E-state index contributed by atoms with van der Waals surface area (Å²) in [6, 6.07) is 12.2. The molecule has 42 heavy (non-hydrogen) atoms. The van der Waals surface area contributed by atoms with E-state index < -0.39 is 42.8 Å². The van der Waals surface area contributed by atoms with Crippen LogP contribution in [-0.4, -0.2) is 79.4 Å². The first-order valence-electron chi connectivity index (χ1n) is 13.2. The molecule has 1 aromatic carbocycles. The highest BCUT2D eigenvalue weighted by Crippen LogP contribution is 2.41. The molecule has 5 atom stereocenters. The number of aromatic carboxylic acids is 1. The van der Waals surface area contributed by atoms with Gasteiger partial charge in [-0.05, 0) is 30.7 Å². The lowest BCUT2D eigenvalue weighted by molar-refractivity contribution is -0.131. The third-order valence-electron chi connectivity index (χ3n) is 6.70. The summed E-state index contributed by atoms with van der Waals surface area (Å²) >= 11 is 0. The van der Waals surface area contributed by atoms with E-state index in [9.17, 15) is 14.7 Å². The maximum atomic E-state index is 12.1. The van der Waals surface area contributed by atoms with Crippen LogP contribution in [-0.2, 0) is 14.2 Å². The molecule has 2 saturated heterocycles. The molecule has 0 saturated carbocycles. The van der Waals surface area contributed by atoms with Gasteiger partial charge in [-0.25, -0.2) is 29.5 Å². The quantitative estimate of drug-likeness (QED) is 0.269. The van der Waals surface area contributed by atoms with Crippen molar-refractivity contribution >= 4 is 35.1 Å². The fourth-order valence-corrected chi connectivity index (χ4v) is 4.83. The van der Waals surface area contributed by atoms with Gasteiger partial charge in [0.25, 0.3) is 0 Å². The minimum absolute atomic E-state index is 0.0325. The third-order valence-corrected chi connectivity index (χ3v) is 6.70. The highest BCUT2D eigenvalue weighted by molar-refractivity contribution is 5.95. The number of hydrogen-bond acceptors (Lipinski definition) is 10. The Morgan fingerprint density at radius 2 is 1.88 bits per heavy atom. The van der Waals surface area contributed by atoms with E-state index in [2.05, 4.69) is 30.6 Å². The Morgan fingerprint density at radius 3 is 2.69 bits per heavy atom. The van der Waals surface area contributed by atoms with E-state index >= 15 is 0 Å². The van der Waals surface area contributed by atoms with Crippen LogP contribution in [0.3, 0.4) is 0 Å². The average Bonchev–Trinajstić information content (AvgIpc) is 3.70. The minimum atomic E-state index is -1.16. The molecule has 0 aliphatic carbocycles. The summed E-state index contributed by atoms with van der Waals surface area (Å²) in [5.74, 6) is -0.952. The molecule has 216 valence electrons. The smallest absolute Gasteiger partial charge is 0.341 e. The van der Waals surface area contributed by atoms with Crippen LogP contribution in [0, 0.1) is 0 Å². The molecule has 4 aromatic rings. The molecular formula is C28H27N7O7.